The smallest absolute Gasteiger partial charge is 0.342 e. The number of hydrogen-bond donors (Lipinski definition) is 3. The van der Waals surface area contributed by atoms with E-state index in [1.165, 1.54) is 0 Å². The van der Waals surface area contributed by atoms with Crippen molar-refractivity contribution < 1.29 is 29.6 Å². The average Bonchev–Trinajstić information content (AvgIpc) is 2.50. The molecule has 1 aliphatic rings. The minimum absolute atomic E-state index is 0.0685. The van der Waals surface area contributed by atoms with Gasteiger partial charge in [0, 0.05) is 30.9 Å². The van der Waals surface area contributed by atoms with Crippen molar-refractivity contribution in [1.29, 1.82) is 0 Å². The number of ether oxygens (including phenoxy) is 1. The second-order valence-electron chi connectivity index (χ2n) is 6.50. The number of carbonyl (C=O) groups is 2. The zero-order chi connectivity index (χ0) is 18.6. The van der Waals surface area contributed by atoms with Crippen molar-refractivity contribution >= 4 is 23.4 Å². The molecule has 0 fully saturated rings. The van der Waals surface area contributed by atoms with Crippen molar-refractivity contribution in [1.82, 2.24) is 0 Å². The number of phenols is 2. The molecular weight excluding hydrogens is 348 g/mol. The summed E-state index contributed by atoms with van der Waals surface area (Å²) in [5.41, 5.74) is -0.145. The van der Waals surface area contributed by atoms with Crippen molar-refractivity contribution in [3.8, 4) is 11.5 Å². The van der Waals surface area contributed by atoms with Crippen molar-refractivity contribution in [3.05, 3.63) is 22.2 Å². The Morgan fingerprint density at radius 1 is 1.16 bits per heavy atom. The molecule has 25 heavy (non-hydrogen) atoms. The molecule has 1 heterocycles. The first-order chi connectivity index (χ1) is 11.8. The van der Waals surface area contributed by atoms with Gasteiger partial charge in [0.1, 0.15) is 28.9 Å². The lowest BCUT2D eigenvalue weighted by atomic mass is 9.97. The molecule has 0 saturated heterocycles. The molecule has 2 rings (SSSR count). The first-order valence-electron chi connectivity index (χ1n) is 8.43. The first-order valence-corrected chi connectivity index (χ1v) is 8.81. The molecule has 1 aromatic rings. The number of aromatic hydroxyl groups is 2. The number of esters is 1. The molecule has 0 saturated carbocycles. The van der Waals surface area contributed by atoms with Crippen LogP contribution in [0.3, 0.4) is 0 Å². The zero-order valence-electron chi connectivity index (χ0n) is 14.1. The van der Waals surface area contributed by atoms with Gasteiger partial charge in [-0.15, -0.1) is 0 Å². The highest BCUT2D eigenvalue weighted by Crippen LogP contribution is 2.37. The molecular formula is C18H23ClO6. The standard InChI is InChI=1S/C18H23ClO6/c1-10-7-11(20)5-3-2-4-6-12(21)8-13-16(18(24)25-10)14(22)9-15(23)17(13)19/h9-11,20,22-23H,2-8H2,1H3/t10-,11-/m1/s1. The Kier molecular flexibility index (Phi) is 6.67. The van der Waals surface area contributed by atoms with Gasteiger partial charge in [-0.2, -0.15) is 0 Å². The number of carbonyl (C=O) groups excluding carboxylic acids is 2. The fourth-order valence-corrected chi connectivity index (χ4v) is 3.25. The Balaban J connectivity index is 2.40. The van der Waals surface area contributed by atoms with Gasteiger partial charge < -0.3 is 20.1 Å². The van der Waals surface area contributed by atoms with Crippen LogP contribution >= 0.6 is 11.6 Å². The molecule has 0 unspecified atom stereocenters. The fourth-order valence-electron chi connectivity index (χ4n) is 3.03. The van der Waals surface area contributed by atoms with Gasteiger partial charge in [0.05, 0.1) is 11.1 Å². The molecule has 0 radical (unpaired) electrons. The first kappa shape index (κ1) is 19.5. The second-order valence-corrected chi connectivity index (χ2v) is 6.88. The van der Waals surface area contributed by atoms with Crippen LogP contribution in [-0.2, 0) is 16.0 Å². The lowest BCUT2D eigenvalue weighted by Gasteiger charge is -2.20. The van der Waals surface area contributed by atoms with Crippen LogP contribution in [0.15, 0.2) is 6.07 Å². The van der Waals surface area contributed by atoms with E-state index in [0.29, 0.717) is 19.3 Å². The highest BCUT2D eigenvalue weighted by molar-refractivity contribution is 6.33. The SMILES string of the molecule is C[C@@H]1C[C@H](O)CCCCCC(=O)Cc2c(Cl)c(O)cc(O)c2C(=O)O1. The topological polar surface area (TPSA) is 104 Å². The molecule has 7 heteroatoms. The molecule has 0 aromatic heterocycles. The van der Waals surface area contributed by atoms with Crippen LogP contribution in [0, 0.1) is 0 Å². The number of Topliss-reactive ketones (excluding diaryl/α,β-unsaturated/α-hetero) is 1. The van der Waals surface area contributed by atoms with E-state index < -0.39 is 29.7 Å². The third-order valence-electron chi connectivity index (χ3n) is 4.30. The van der Waals surface area contributed by atoms with Gasteiger partial charge in [-0.3, -0.25) is 4.79 Å². The molecule has 2 atom stereocenters. The highest BCUT2D eigenvalue weighted by Gasteiger charge is 2.26. The summed E-state index contributed by atoms with van der Waals surface area (Å²) in [6.07, 6.45) is 2.10. The molecule has 1 aliphatic heterocycles. The Morgan fingerprint density at radius 2 is 1.88 bits per heavy atom. The highest BCUT2D eigenvalue weighted by atomic mass is 35.5. The van der Waals surface area contributed by atoms with E-state index in [1.807, 2.05) is 0 Å². The number of fused-ring (bicyclic) bond motifs is 1. The van der Waals surface area contributed by atoms with Crippen LogP contribution in [0.25, 0.3) is 0 Å². The van der Waals surface area contributed by atoms with Gasteiger partial charge in [0.15, 0.2) is 0 Å². The molecule has 0 spiro atoms. The minimum atomic E-state index is -0.834. The summed E-state index contributed by atoms with van der Waals surface area (Å²) in [7, 11) is 0. The summed E-state index contributed by atoms with van der Waals surface area (Å²) < 4.78 is 5.29. The van der Waals surface area contributed by atoms with Gasteiger partial charge in [-0.05, 0) is 19.8 Å². The summed E-state index contributed by atoms with van der Waals surface area (Å²) in [4.78, 5) is 24.7. The van der Waals surface area contributed by atoms with Crippen molar-refractivity contribution in [2.24, 2.45) is 0 Å². The summed E-state index contributed by atoms with van der Waals surface area (Å²) in [5, 5.41) is 29.7. The van der Waals surface area contributed by atoms with Crippen LogP contribution in [0.5, 0.6) is 11.5 Å². The van der Waals surface area contributed by atoms with Crippen LogP contribution in [0.2, 0.25) is 5.02 Å². The van der Waals surface area contributed by atoms with E-state index in [9.17, 15) is 24.9 Å². The van der Waals surface area contributed by atoms with E-state index in [0.717, 1.165) is 18.9 Å². The van der Waals surface area contributed by atoms with Gasteiger partial charge >= 0.3 is 5.97 Å². The Labute approximate surface area is 151 Å². The Hall–Kier alpha value is -1.79. The number of benzene rings is 1. The normalized spacial score (nSPS) is 23.5. The lowest BCUT2D eigenvalue weighted by molar-refractivity contribution is -0.118. The molecule has 0 amide bonds. The number of aliphatic hydroxyl groups is 1. The van der Waals surface area contributed by atoms with Crippen LogP contribution in [0.4, 0.5) is 0 Å². The average molecular weight is 371 g/mol. The van der Waals surface area contributed by atoms with Crippen molar-refractivity contribution in [3.63, 3.8) is 0 Å². The van der Waals surface area contributed by atoms with Crippen LogP contribution in [-0.4, -0.2) is 39.3 Å². The quantitative estimate of drug-likeness (QED) is 0.606. The Bertz CT molecular complexity index is 657. The maximum atomic E-state index is 12.5. The number of cyclic esters (lactones) is 1. The van der Waals surface area contributed by atoms with Crippen molar-refractivity contribution in [2.75, 3.05) is 0 Å². The van der Waals surface area contributed by atoms with E-state index in [-0.39, 0.29) is 34.8 Å². The van der Waals surface area contributed by atoms with Gasteiger partial charge in [0.2, 0.25) is 0 Å². The lowest BCUT2D eigenvalue weighted by Crippen LogP contribution is -2.23. The molecule has 0 aliphatic carbocycles. The summed E-state index contributed by atoms with van der Waals surface area (Å²) in [6, 6.07) is 0.954. The van der Waals surface area contributed by atoms with E-state index >= 15 is 0 Å². The monoisotopic (exact) mass is 370 g/mol. The van der Waals surface area contributed by atoms with Crippen LogP contribution < -0.4 is 0 Å². The maximum Gasteiger partial charge on any atom is 0.342 e. The number of ketones is 1. The van der Waals surface area contributed by atoms with Crippen LogP contribution in [0.1, 0.15) is 61.4 Å². The van der Waals surface area contributed by atoms with Gasteiger partial charge in [-0.1, -0.05) is 24.4 Å². The molecule has 3 N–H and O–H groups in total. The predicted octanol–water partition coefficient (Wildman–Crippen LogP) is 3.12. The molecule has 0 bridgehead atoms. The molecule has 1 aromatic carbocycles. The number of hydrogen-bond acceptors (Lipinski definition) is 6. The van der Waals surface area contributed by atoms with Crippen molar-refractivity contribution in [2.45, 2.75) is 64.1 Å². The predicted molar refractivity (Wildman–Crippen MR) is 92.1 cm³/mol. The third-order valence-corrected chi connectivity index (χ3v) is 4.73. The number of rotatable bonds is 0. The largest absolute Gasteiger partial charge is 0.507 e. The van der Waals surface area contributed by atoms with E-state index in [2.05, 4.69) is 0 Å². The van der Waals surface area contributed by atoms with Gasteiger partial charge in [0.25, 0.3) is 0 Å². The van der Waals surface area contributed by atoms with Gasteiger partial charge in [-0.25, -0.2) is 4.79 Å². The number of aliphatic hydroxyl groups excluding tert-OH is 1. The fraction of sp³-hybridized carbons (Fsp3) is 0.556. The number of halogens is 1. The number of phenolic OH excluding ortho intramolecular Hbond substituents is 2. The van der Waals surface area contributed by atoms with E-state index in [4.69, 9.17) is 16.3 Å². The molecule has 138 valence electrons. The maximum absolute atomic E-state index is 12.5. The molecule has 6 nitrogen and oxygen atoms in total. The summed E-state index contributed by atoms with van der Waals surface area (Å²) >= 11 is 6.06. The second kappa shape index (κ2) is 8.54. The summed E-state index contributed by atoms with van der Waals surface area (Å²) in [5.74, 6) is -1.87. The Morgan fingerprint density at radius 3 is 2.60 bits per heavy atom. The third kappa shape index (κ3) is 5.09. The minimum Gasteiger partial charge on any atom is -0.507 e. The van der Waals surface area contributed by atoms with E-state index in [1.54, 1.807) is 6.92 Å². The summed E-state index contributed by atoms with van der Waals surface area (Å²) in [6.45, 7) is 1.65. The zero-order valence-corrected chi connectivity index (χ0v) is 14.9.